The molecule has 1 aromatic heterocycles. The number of hydrogen-bond donors (Lipinski definition) is 2. The van der Waals surface area contributed by atoms with Gasteiger partial charge in [0.15, 0.2) is 5.75 Å². The molecule has 2 rings (SSSR count). The normalized spacial score (nSPS) is 11.1. The van der Waals surface area contributed by atoms with Gasteiger partial charge in [-0.1, -0.05) is 12.1 Å². The van der Waals surface area contributed by atoms with Gasteiger partial charge in [0.05, 0.1) is 5.69 Å². The molecule has 0 radical (unpaired) electrons. The third-order valence-corrected chi connectivity index (χ3v) is 2.45. The van der Waals surface area contributed by atoms with Crippen molar-refractivity contribution >= 4 is 17.5 Å². The maximum Gasteiger partial charge on any atom is 0.573 e. The maximum atomic E-state index is 12.4. The van der Waals surface area contributed by atoms with E-state index in [1.807, 2.05) is 0 Å². The summed E-state index contributed by atoms with van der Waals surface area (Å²) in [4.78, 5) is 8.22. The number of nitrogens with zero attached hydrogens (tertiary/aromatic N) is 2. The molecule has 0 unspecified atom stereocenters. The van der Waals surface area contributed by atoms with Gasteiger partial charge in [-0.25, -0.2) is 4.98 Å². The van der Waals surface area contributed by atoms with Crippen molar-refractivity contribution in [2.75, 3.05) is 17.7 Å². The summed E-state index contributed by atoms with van der Waals surface area (Å²) in [6.45, 7) is 1.76. The standard InChI is InChI=1S/C13H13F3N4O/c1-8-7-11(20-12(17-2)18-8)19-9-5-3-4-6-10(9)21-13(14,15)16/h3-7H,1-2H3,(H2,17,18,19,20). The molecule has 0 aliphatic heterocycles. The fourth-order valence-corrected chi connectivity index (χ4v) is 1.67. The molecule has 0 atom stereocenters. The third-order valence-electron chi connectivity index (χ3n) is 2.45. The zero-order valence-electron chi connectivity index (χ0n) is 11.3. The number of benzene rings is 1. The second kappa shape index (κ2) is 5.86. The highest BCUT2D eigenvalue weighted by atomic mass is 19.4. The van der Waals surface area contributed by atoms with Crippen LogP contribution in [0.25, 0.3) is 0 Å². The highest BCUT2D eigenvalue weighted by Gasteiger charge is 2.32. The van der Waals surface area contributed by atoms with E-state index in [0.29, 0.717) is 17.5 Å². The van der Waals surface area contributed by atoms with Crippen molar-refractivity contribution in [1.82, 2.24) is 9.97 Å². The van der Waals surface area contributed by atoms with Gasteiger partial charge in [0, 0.05) is 18.8 Å². The second-order valence-electron chi connectivity index (χ2n) is 4.14. The van der Waals surface area contributed by atoms with Crippen molar-refractivity contribution < 1.29 is 17.9 Å². The molecule has 0 amide bonds. The van der Waals surface area contributed by atoms with Crippen LogP contribution in [0.15, 0.2) is 30.3 Å². The van der Waals surface area contributed by atoms with E-state index < -0.39 is 6.36 Å². The van der Waals surface area contributed by atoms with Crippen LogP contribution in [0.1, 0.15) is 5.69 Å². The Hall–Kier alpha value is -2.51. The summed E-state index contributed by atoms with van der Waals surface area (Å²) in [5, 5.41) is 5.57. The number of ether oxygens (including phenoxy) is 1. The highest BCUT2D eigenvalue weighted by Crippen LogP contribution is 2.31. The molecule has 21 heavy (non-hydrogen) atoms. The smallest absolute Gasteiger partial charge is 0.404 e. The SMILES string of the molecule is CNc1nc(C)cc(Nc2ccccc2OC(F)(F)F)n1. The van der Waals surface area contributed by atoms with E-state index in [4.69, 9.17) is 0 Å². The molecule has 2 aromatic rings. The molecule has 5 nitrogen and oxygen atoms in total. The summed E-state index contributed by atoms with van der Waals surface area (Å²) in [5.74, 6) is 0.407. The van der Waals surface area contributed by atoms with Crippen LogP contribution in [0.4, 0.5) is 30.6 Å². The molecule has 0 saturated carbocycles. The topological polar surface area (TPSA) is 59.1 Å². The Morgan fingerprint density at radius 3 is 2.52 bits per heavy atom. The summed E-state index contributed by atoms with van der Waals surface area (Å²) in [5.41, 5.74) is 0.834. The summed E-state index contributed by atoms with van der Waals surface area (Å²) in [6, 6.07) is 7.36. The largest absolute Gasteiger partial charge is 0.573 e. The van der Waals surface area contributed by atoms with Crippen LogP contribution >= 0.6 is 0 Å². The van der Waals surface area contributed by atoms with Crippen molar-refractivity contribution in [3.63, 3.8) is 0 Å². The van der Waals surface area contributed by atoms with E-state index in [-0.39, 0.29) is 11.4 Å². The molecule has 2 N–H and O–H groups in total. The Morgan fingerprint density at radius 2 is 1.86 bits per heavy atom. The first-order chi connectivity index (χ1) is 9.87. The molecule has 1 aromatic carbocycles. The Balaban J connectivity index is 2.29. The van der Waals surface area contributed by atoms with Gasteiger partial charge in [-0.05, 0) is 19.1 Å². The molecule has 0 spiro atoms. The van der Waals surface area contributed by atoms with E-state index in [0.717, 1.165) is 0 Å². The van der Waals surface area contributed by atoms with Crippen LogP contribution in [0, 0.1) is 6.92 Å². The zero-order valence-corrected chi connectivity index (χ0v) is 11.3. The van der Waals surface area contributed by atoms with Crippen LogP contribution in [0.2, 0.25) is 0 Å². The third kappa shape index (κ3) is 4.23. The lowest BCUT2D eigenvalue weighted by molar-refractivity contribution is -0.274. The minimum Gasteiger partial charge on any atom is -0.404 e. The number of nitrogens with one attached hydrogen (secondary N) is 2. The van der Waals surface area contributed by atoms with E-state index in [9.17, 15) is 13.2 Å². The summed E-state index contributed by atoms with van der Waals surface area (Å²) >= 11 is 0. The van der Waals surface area contributed by atoms with Gasteiger partial charge < -0.3 is 15.4 Å². The summed E-state index contributed by atoms with van der Waals surface area (Å²) in [7, 11) is 1.65. The monoisotopic (exact) mass is 298 g/mol. The molecule has 0 aliphatic rings. The fourth-order valence-electron chi connectivity index (χ4n) is 1.67. The molecular weight excluding hydrogens is 285 g/mol. The van der Waals surface area contributed by atoms with Gasteiger partial charge in [-0.3, -0.25) is 0 Å². The molecule has 112 valence electrons. The van der Waals surface area contributed by atoms with E-state index in [1.165, 1.54) is 18.2 Å². The minimum absolute atomic E-state index is 0.162. The van der Waals surface area contributed by atoms with Crippen LogP contribution < -0.4 is 15.4 Å². The van der Waals surface area contributed by atoms with Gasteiger partial charge in [0.1, 0.15) is 5.82 Å². The average molecular weight is 298 g/mol. The Labute approximate surface area is 119 Å². The van der Waals surface area contributed by atoms with Gasteiger partial charge in [-0.2, -0.15) is 4.98 Å². The van der Waals surface area contributed by atoms with Gasteiger partial charge in [0.25, 0.3) is 0 Å². The second-order valence-corrected chi connectivity index (χ2v) is 4.14. The van der Waals surface area contributed by atoms with Crippen molar-refractivity contribution in [2.24, 2.45) is 0 Å². The first-order valence-electron chi connectivity index (χ1n) is 6.02. The molecule has 0 saturated heterocycles. The number of alkyl halides is 3. The van der Waals surface area contributed by atoms with Gasteiger partial charge >= 0.3 is 6.36 Å². The van der Waals surface area contributed by atoms with E-state index >= 15 is 0 Å². The predicted octanol–water partition coefficient (Wildman–Crippen LogP) is 3.47. The van der Waals surface area contributed by atoms with Crippen LogP contribution in [-0.2, 0) is 0 Å². The molecule has 1 heterocycles. The number of halogens is 3. The lowest BCUT2D eigenvalue weighted by Gasteiger charge is -2.14. The lowest BCUT2D eigenvalue weighted by Crippen LogP contribution is -2.18. The summed E-state index contributed by atoms with van der Waals surface area (Å²) < 4.78 is 41.0. The number of aromatic nitrogens is 2. The fraction of sp³-hybridized carbons (Fsp3) is 0.231. The predicted molar refractivity (Wildman–Crippen MR) is 72.7 cm³/mol. The Bertz CT molecular complexity index is 631. The van der Waals surface area contributed by atoms with Crippen LogP contribution in [-0.4, -0.2) is 23.4 Å². The highest BCUT2D eigenvalue weighted by molar-refractivity contribution is 5.64. The van der Waals surface area contributed by atoms with Crippen molar-refractivity contribution in [1.29, 1.82) is 0 Å². The van der Waals surface area contributed by atoms with Gasteiger partial charge in [-0.15, -0.1) is 13.2 Å². The summed E-state index contributed by atoms with van der Waals surface area (Å²) in [6.07, 6.45) is -4.75. The number of aryl methyl sites for hydroxylation is 1. The number of rotatable bonds is 4. The van der Waals surface area contributed by atoms with E-state index in [1.54, 1.807) is 26.1 Å². The first-order valence-corrected chi connectivity index (χ1v) is 6.02. The van der Waals surface area contributed by atoms with E-state index in [2.05, 4.69) is 25.3 Å². The van der Waals surface area contributed by atoms with Gasteiger partial charge in [0.2, 0.25) is 5.95 Å². The van der Waals surface area contributed by atoms with Crippen molar-refractivity contribution in [2.45, 2.75) is 13.3 Å². The Kier molecular flexibility index (Phi) is 4.15. The van der Waals surface area contributed by atoms with Crippen LogP contribution in [0.3, 0.4) is 0 Å². The molecule has 0 aliphatic carbocycles. The molecule has 0 bridgehead atoms. The first kappa shape index (κ1) is 14.9. The molecular formula is C13H13F3N4O. The average Bonchev–Trinajstić information content (AvgIpc) is 2.38. The van der Waals surface area contributed by atoms with Crippen molar-refractivity contribution in [3.05, 3.63) is 36.0 Å². The number of para-hydroxylation sites is 2. The molecule has 0 fully saturated rings. The maximum absolute atomic E-state index is 12.4. The van der Waals surface area contributed by atoms with Crippen molar-refractivity contribution in [3.8, 4) is 5.75 Å². The quantitative estimate of drug-likeness (QED) is 0.905. The number of anilines is 3. The van der Waals surface area contributed by atoms with Crippen LogP contribution in [0.5, 0.6) is 5.75 Å². The number of hydrogen-bond acceptors (Lipinski definition) is 5. The lowest BCUT2D eigenvalue weighted by atomic mass is 10.3. The minimum atomic E-state index is -4.75. The molecule has 8 heteroatoms. The Morgan fingerprint density at radius 1 is 1.14 bits per heavy atom. The zero-order chi connectivity index (χ0) is 15.5.